The number of hydrogen-bond donors (Lipinski definition) is 0. The molecule has 2 aromatic rings. The van der Waals surface area contributed by atoms with Crippen LogP contribution in [0.15, 0.2) is 30.6 Å². The van der Waals surface area contributed by atoms with Crippen molar-refractivity contribution < 1.29 is 19.2 Å². The van der Waals surface area contributed by atoms with Gasteiger partial charge in [0.25, 0.3) is 0 Å². The Labute approximate surface area is 85.5 Å². The first-order valence-corrected chi connectivity index (χ1v) is 4.33. The summed E-state index contributed by atoms with van der Waals surface area (Å²) in [6.45, 7) is 1.24. The molecule has 0 N–H and O–H groups in total. The summed E-state index contributed by atoms with van der Waals surface area (Å²) in [5.74, 6) is -0.927. The van der Waals surface area contributed by atoms with Gasteiger partial charge in [0.2, 0.25) is 11.7 Å². The van der Waals surface area contributed by atoms with Crippen LogP contribution in [0.2, 0.25) is 0 Å². The zero-order chi connectivity index (χ0) is 10.8. The van der Waals surface area contributed by atoms with Crippen molar-refractivity contribution in [2.24, 2.45) is 0 Å². The maximum Gasteiger partial charge on any atom is 0.308 e. The zero-order valence-corrected chi connectivity index (χ0v) is 8.01. The van der Waals surface area contributed by atoms with Gasteiger partial charge in [-0.25, -0.2) is 0 Å². The van der Waals surface area contributed by atoms with E-state index in [1.54, 1.807) is 24.4 Å². The number of hydrogen-bond acceptors (Lipinski definition) is 4. The summed E-state index contributed by atoms with van der Waals surface area (Å²) in [5.41, 5.74) is 0.372. The second-order valence-electron chi connectivity index (χ2n) is 2.96. The highest BCUT2D eigenvalue weighted by atomic mass is 16.5. The van der Waals surface area contributed by atoms with Crippen molar-refractivity contribution in [3.05, 3.63) is 30.6 Å². The second-order valence-corrected chi connectivity index (χ2v) is 2.96. The molecule has 0 aromatic carbocycles. The standard InChI is InChI=1S/C10H8N2O3/c1-7(13)15-9-6-11-12-5-3-2-4-8(12)10(9)14/h2-6H,1H3. The number of carbonyl (C=O) groups is 1. The average molecular weight is 204 g/mol. The molecule has 5 heteroatoms. The van der Waals surface area contributed by atoms with Crippen molar-refractivity contribution in [1.29, 1.82) is 0 Å². The molecule has 0 aliphatic carbocycles. The number of pyridine rings is 1. The Kier molecular flexibility index (Phi) is 2.21. The lowest BCUT2D eigenvalue weighted by molar-refractivity contribution is -0.583. The highest BCUT2D eigenvalue weighted by molar-refractivity contribution is 5.71. The fourth-order valence-corrected chi connectivity index (χ4v) is 1.24. The molecule has 0 aliphatic heterocycles. The molecule has 0 aliphatic rings. The molecule has 2 rings (SSSR count). The smallest absolute Gasteiger partial charge is 0.308 e. The number of ether oxygens (including phenoxy) is 1. The summed E-state index contributed by atoms with van der Waals surface area (Å²) in [7, 11) is 0. The molecular formula is C10H8N2O3. The van der Waals surface area contributed by atoms with E-state index >= 15 is 0 Å². The van der Waals surface area contributed by atoms with Crippen LogP contribution in [0.25, 0.3) is 5.52 Å². The van der Waals surface area contributed by atoms with Crippen molar-refractivity contribution in [3.8, 4) is 11.5 Å². The van der Waals surface area contributed by atoms with Crippen LogP contribution in [0.4, 0.5) is 0 Å². The van der Waals surface area contributed by atoms with E-state index in [1.165, 1.54) is 17.6 Å². The molecule has 0 atom stereocenters. The van der Waals surface area contributed by atoms with Gasteiger partial charge >= 0.3 is 5.97 Å². The molecule has 0 bridgehead atoms. The minimum Gasteiger partial charge on any atom is -0.865 e. The van der Waals surface area contributed by atoms with E-state index < -0.39 is 5.97 Å². The van der Waals surface area contributed by atoms with E-state index in [9.17, 15) is 9.90 Å². The minimum absolute atomic E-state index is 0.0475. The molecule has 2 heterocycles. The van der Waals surface area contributed by atoms with Crippen LogP contribution in [0.3, 0.4) is 0 Å². The van der Waals surface area contributed by atoms with E-state index in [2.05, 4.69) is 5.10 Å². The molecule has 0 unspecified atom stereocenters. The lowest BCUT2D eigenvalue weighted by Crippen LogP contribution is -2.27. The van der Waals surface area contributed by atoms with Gasteiger partial charge < -0.3 is 9.84 Å². The van der Waals surface area contributed by atoms with Gasteiger partial charge in [0.1, 0.15) is 6.20 Å². The normalized spacial score (nSPS) is 10.2. The number of rotatable bonds is 1. The molecule has 15 heavy (non-hydrogen) atoms. The van der Waals surface area contributed by atoms with Crippen molar-refractivity contribution in [1.82, 2.24) is 5.10 Å². The fourth-order valence-electron chi connectivity index (χ4n) is 1.24. The van der Waals surface area contributed by atoms with Gasteiger partial charge in [-0.3, -0.25) is 4.79 Å². The van der Waals surface area contributed by atoms with Crippen molar-refractivity contribution >= 4 is 11.5 Å². The highest BCUT2D eigenvalue weighted by Gasteiger charge is 2.09. The monoisotopic (exact) mass is 204 g/mol. The van der Waals surface area contributed by atoms with Gasteiger partial charge in [0.05, 0.1) is 0 Å². The molecule has 0 amide bonds. The topological polar surface area (TPSA) is 66.3 Å². The van der Waals surface area contributed by atoms with Gasteiger partial charge in [-0.2, -0.15) is 0 Å². The molecule has 2 aromatic heterocycles. The Balaban J connectivity index is 2.59. The lowest BCUT2D eigenvalue weighted by atomic mass is 10.3. The van der Waals surface area contributed by atoms with Crippen LogP contribution in [0.5, 0.6) is 11.5 Å². The van der Waals surface area contributed by atoms with Crippen molar-refractivity contribution in [2.45, 2.75) is 6.92 Å². The van der Waals surface area contributed by atoms with Crippen LogP contribution < -0.4 is 14.4 Å². The van der Waals surface area contributed by atoms with E-state index in [0.29, 0.717) is 5.52 Å². The second kappa shape index (κ2) is 3.53. The summed E-state index contributed by atoms with van der Waals surface area (Å²) in [6, 6.07) is 5.09. The van der Waals surface area contributed by atoms with Crippen LogP contribution in [-0.4, -0.2) is 11.1 Å². The van der Waals surface area contributed by atoms with Crippen LogP contribution in [0, 0.1) is 0 Å². The third kappa shape index (κ3) is 1.71. The summed E-state index contributed by atoms with van der Waals surface area (Å²) < 4.78 is 6.15. The van der Waals surface area contributed by atoms with E-state index in [4.69, 9.17) is 4.74 Å². The van der Waals surface area contributed by atoms with Gasteiger partial charge in [-0.05, 0) is 6.07 Å². The predicted molar refractivity (Wildman–Crippen MR) is 48.2 cm³/mol. The first kappa shape index (κ1) is 9.39. The number of carbonyl (C=O) groups excluding carboxylic acids is 1. The Morgan fingerprint density at radius 1 is 1.53 bits per heavy atom. The number of nitrogens with zero attached hydrogens (tertiary/aromatic N) is 2. The van der Waals surface area contributed by atoms with Gasteiger partial charge in [0, 0.05) is 29.9 Å². The predicted octanol–water partition coefficient (Wildman–Crippen LogP) is -0.181. The maximum atomic E-state index is 11.7. The first-order valence-electron chi connectivity index (χ1n) is 4.33. The molecule has 5 nitrogen and oxygen atoms in total. The van der Waals surface area contributed by atoms with Gasteiger partial charge in [-0.15, -0.1) is 0 Å². The van der Waals surface area contributed by atoms with Crippen LogP contribution in [-0.2, 0) is 4.79 Å². The summed E-state index contributed by atoms with van der Waals surface area (Å²) in [6.07, 6.45) is 2.88. The van der Waals surface area contributed by atoms with E-state index in [-0.39, 0.29) is 11.5 Å². The van der Waals surface area contributed by atoms with Crippen molar-refractivity contribution in [3.63, 3.8) is 0 Å². The number of esters is 1. The van der Waals surface area contributed by atoms with Crippen LogP contribution in [0.1, 0.15) is 6.92 Å². The molecule has 0 saturated heterocycles. The summed E-state index contributed by atoms with van der Waals surface area (Å²) in [4.78, 5) is 10.7. The zero-order valence-electron chi connectivity index (χ0n) is 8.01. The maximum absolute atomic E-state index is 11.7. The average Bonchev–Trinajstić information content (AvgIpc) is 2.22. The molecular weight excluding hydrogens is 196 g/mol. The molecule has 0 spiro atoms. The number of aromatic nitrogens is 2. The Morgan fingerprint density at radius 2 is 2.33 bits per heavy atom. The fraction of sp³-hybridized carbons (Fsp3) is 0.100. The van der Waals surface area contributed by atoms with E-state index in [0.717, 1.165) is 0 Å². The summed E-state index contributed by atoms with van der Waals surface area (Å²) in [5, 5.41) is 15.7. The van der Waals surface area contributed by atoms with Gasteiger partial charge in [0.15, 0.2) is 5.75 Å². The Bertz CT molecular complexity index is 525. The molecule has 0 radical (unpaired) electrons. The summed E-state index contributed by atoms with van der Waals surface area (Å²) >= 11 is 0. The third-order valence-electron chi connectivity index (χ3n) is 1.85. The molecule has 76 valence electrons. The lowest BCUT2D eigenvalue weighted by Gasteiger charge is -2.09. The quantitative estimate of drug-likeness (QED) is 0.477. The van der Waals surface area contributed by atoms with Crippen LogP contribution >= 0.6 is 0 Å². The van der Waals surface area contributed by atoms with Gasteiger partial charge in [-0.1, -0.05) is 4.52 Å². The number of fused-ring (bicyclic) bond motifs is 1. The molecule has 0 saturated carbocycles. The van der Waals surface area contributed by atoms with Crippen molar-refractivity contribution in [2.75, 3.05) is 0 Å². The molecule has 0 fully saturated rings. The Hall–Kier alpha value is -2.17. The van der Waals surface area contributed by atoms with E-state index in [1.807, 2.05) is 0 Å². The first-order chi connectivity index (χ1) is 7.18. The highest BCUT2D eigenvalue weighted by Crippen LogP contribution is 2.23. The SMILES string of the molecule is CC(=O)Oc1cn[n+]2ccccc2c1[O-]. The largest absolute Gasteiger partial charge is 0.865 e. The Morgan fingerprint density at radius 3 is 3.07 bits per heavy atom. The minimum atomic E-state index is -0.533. The third-order valence-corrected chi connectivity index (χ3v) is 1.85.